The quantitative estimate of drug-likeness (QED) is 0.760. The lowest BCUT2D eigenvalue weighted by molar-refractivity contribution is -0.159. The molecule has 28 heavy (non-hydrogen) atoms. The second-order valence-electron chi connectivity index (χ2n) is 8.12. The van der Waals surface area contributed by atoms with Gasteiger partial charge in [0.25, 0.3) is 0 Å². The third kappa shape index (κ3) is 4.85. The summed E-state index contributed by atoms with van der Waals surface area (Å²) < 4.78 is 6.57. The van der Waals surface area contributed by atoms with Gasteiger partial charge in [0.1, 0.15) is 11.4 Å². The van der Waals surface area contributed by atoms with Crippen molar-refractivity contribution in [3.05, 3.63) is 29.8 Å². The first-order chi connectivity index (χ1) is 13.5. The molecule has 6 nitrogen and oxygen atoms in total. The molecule has 0 radical (unpaired) electrons. The number of carboxylic acids is 2. The number of fused-ring (bicyclic) bond motifs is 3. The van der Waals surface area contributed by atoms with Crippen molar-refractivity contribution >= 4 is 11.9 Å². The fraction of sp³-hybridized carbons (Fsp3) is 0.636. The van der Waals surface area contributed by atoms with Gasteiger partial charge < -0.3 is 19.8 Å². The summed E-state index contributed by atoms with van der Waals surface area (Å²) in [5, 5.41) is 14.8. The Morgan fingerprint density at radius 3 is 2.46 bits per heavy atom. The zero-order chi connectivity index (χ0) is 20.0. The summed E-state index contributed by atoms with van der Waals surface area (Å²) in [5.41, 5.74) is 1.61. The molecule has 0 unspecified atom stereocenters. The molecule has 2 N–H and O–H groups in total. The van der Waals surface area contributed by atoms with E-state index in [0.29, 0.717) is 5.92 Å². The minimum absolute atomic E-state index is 0.123. The van der Waals surface area contributed by atoms with E-state index in [4.69, 9.17) is 24.5 Å². The Bertz CT molecular complexity index is 673. The van der Waals surface area contributed by atoms with E-state index in [1.165, 1.54) is 88.7 Å². The van der Waals surface area contributed by atoms with Crippen LogP contribution >= 0.6 is 0 Å². The molecule has 0 aromatic heterocycles. The number of ether oxygens (including phenoxy) is 1. The van der Waals surface area contributed by atoms with Crippen molar-refractivity contribution in [2.24, 2.45) is 0 Å². The number of hydrogen-bond donors (Lipinski definition) is 2. The van der Waals surface area contributed by atoms with Gasteiger partial charge in [-0.1, -0.05) is 31.0 Å². The number of aliphatic carboxylic acids is 2. The van der Waals surface area contributed by atoms with Crippen LogP contribution in [0.5, 0.6) is 5.75 Å². The van der Waals surface area contributed by atoms with Crippen molar-refractivity contribution < 1.29 is 24.5 Å². The van der Waals surface area contributed by atoms with E-state index in [9.17, 15) is 0 Å². The van der Waals surface area contributed by atoms with Gasteiger partial charge >= 0.3 is 11.9 Å². The van der Waals surface area contributed by atoms with Crippen molar-refractivity contribution in [1.82, 2.24) is 4.90 Å². The minimum atomic E-state index is -1.82. The molecular weight excluding hydrogens is 358 g/mol. The molecule has 0 spiro atoms. The molecule has 2 atom stereocenters. The molecule has 6 heteroatoms. The third-order valence-electron chi connectivity index (χ3n) is 6.29. The van der Waals surface area contributed by atoms with Crippen molar-refractivity contribution in [2.75, 3.05) is 19.6 Å². The van der Waals surface area contributed by atoms with Crippen molar-refractivity contribution in [1.29, 1.82) is 0 Å². The normalized spacial score (nSPS) is 26.2. The van der Waals surface area contributed by atoms with Gasteiger partial charge in [-0.05, 0) is 70.6 Å². The van der Waals surface area contributed by atoms with Crippen LogP contribution in [-0.4, -0.2) is 52.3 Å². The first-order valence-electron chi connectivity index (χ1n) is 10.5. The summed E-state index contributed by atoms with van der Waals surface area (Å²) in [6, 6.07) is 8.79. The Labute approximate surface area is 166 Å². The third-order valence-corrected chi connectivity index (χ3v) is 6.29. The molecule has 0 bridgehead atoms. The van der Waals surface area contributed by atoms with Crippen LogP contribution in [0.4, 0.5) is 0 Å². The topological polar surface area (TPSA) is 87.1 Å². The minimum Gasteiger partial charge on any atom is -0.486 e. The number of benzene rings is 1. The fourth-order valence-electron chi connectivity index (χ4n) is 4.99. The van der Waals surface area contributed by atoms with E-state index in [-0.39, 0.29) is 5.60 Å². The van der Waals surface area contributed by atoms with E-state index in [0.717, 1.165) is 0 Å². The van der Waals surface area contributed by atoms with E-state index in [2.05, 4.69) is 29.2 Å². The van der Waals surface area contributed by atoms with Crippen LogP contribution < -0.4 is 4.74 Å². The maximum atomic E-state index is 9.10. The zero-order valence-electron chi connectivity index (χ0n) is 16.4. The van der Waals surface area contributed by atoms with Crippen LogP contribution in [0.15, 0.2) is 24.3 Å². The Balaban J connectivity index is 0.000000330. The van der Waals surface area contributed by atoms with Crippen LogP contribution in [0.1, 0.15) is 69.3 Å². The summed E-state index contributed by atoms with van der Waals surface area (Å²) in [7, 11) is 0. The van der Waals surface area contributed by atoms with Crippen LogP contribution in [0.2, 0.25) is 0 Å². The van der Waals surface area contributed by atoms with Gasteiger partial charge in [0.05, 0.1) is 0 Å². The van der Waals surface area contributed by atoms with Gasteiger partial charge in [0.2, 0.25) is 0 Å². The molecule has 0 amide bonds. The van der Waals surface area contributed by atoms with E-state index < -0.39 is 11.9 Å². The number of carboxylic acid groups (broad SMARTS) is 2. The number of piperidine rings is 1. The van der Waals surface area contributed by atoms with E-state index in [1.54, 1.807) is 0 Å². The molecule has 2 fully saturated rings. The number of rotatable bonds is 4. The molecule has 1 aromatic rings. The van der Waals surface area contributed by atoms with Crippen LogP contribution in [0, 0.1) is 0 Å². The van der Waals surface area contributed by atoms with Crippen LogP contribution in [-0.2, 0) is 9.59 Å². The molecule has 2 aliphatic heterocycles. The fourth-order valence-corrected chi connectivity index (χ4v) is 4.99. The first-order valence-corrected chi connectivity index (χ1v) is 10.5. The van der Waals surface area contributed by atoms with Gasteiger partial charge in [0.15, 0.2) is 0 Å². The second-order valence-corrected chi connectivity index (χ2v) is 8.12. The Morgan fingerprint density at radius 2 is 1.75 bits per heavy atom. The summed E-state index contributed by atoms with van der Waals surface area (Å²) >= 11 is 0. The predicted octanol–water partition coefficient (Wildman–Crippen LogP) is 3.90. The van der Waals surface area contributed by atoms with Gasteiger partial charge in [-0.15, -0.1) is 0 Å². The van der Waals surface area contributed by atoms with Crippen LogP contribution in [0.3, 0.4) is 0 Å². The van der Waals surface area contributed by atoms with E-state index >= 15 is 0 Å². The lowest BCUT2D eigenvalue weighted by Crippen LogP contribution is -2.41. The smallest absolute Gasteiger partial charge is 0.414 e. The molecule has 3 aliphatic rings. The standard InChI is InChI=1S/C20H29NO.C2H2O4/c1-6-14-21(15-7-1)16-8-13-20-12-5-4-10-18(20)17-9-2-3-11-19(17)22-20;3-1(4)2(5)6/h2-3,9,11,18H,1,4-8,10,12-16H2;(H,3,4)(H,5,6)/t18-,20+;/m1./s1. The van der Waals surface area contributed by atoms with Gasteiger partial charge in [-0.3, -0.25) is 0 Å². The molecular formula is C22H31NO5. The van der Waals surface area contributed by atoms with Gasteiger partial charge in [-0.25, -0.2) is 9.59 Å². The highest BCUT2D eigenvalue weighted by atomic mass is 16.5. The highest BCUT2D eigenvalue weighted by Gasteiger charge is 2.48. The highest BCUT2D eigenvalue weighted by Crippen LogP contribution is 2.53. The average molecular weight is 389 g/mol. The zero-order valence-corrected chi connectivity index (χ0v) is 16.4. The number of hydrogen-bond acceptors (Lipinski definition) is 4. The van der Waals surface area contributed by atoms with Crippen molar-refractivity contribution in [3.8, 4) is 5.75 Å². The number of likely N-dealkylation sites (tertiary alicyclic amines) is 1. The number of carbonyl (C=O) groups is 2. The number of nitrogens with zero attached hydrogens (tertiary/aromatic N) is 1. The van der Waals surface area contributed by atoms with Gasteiger partial charge in [-0.2, -0.15) is 0 Å². The molecule has 2 heterocycles. The lowest BCUT2D eigenvalue weighted by Gasteiger charge is -2.39. The van der Waals surface area contributed by atoms with Gasteiger partial charge in [0, 0.05) is 11.5 Å². The summed E-state index contributed by atoms with van der Waals surface area (Å²) in [6.07, 6.45) is 12.1. The summed E-state index contributed by atoms with van der Waals surface area (Å²) in [6.45, 7) is 3.91. The SMILES string of the molecule is O=C(O)C(=O)O.c1ccc2c(c1)O[C@]1(CCCN3CCCCC3)CCCC[C@H]21. The summed E-state index contributed by atoms with van der Waals surface area (Å²) in [4.78, 5) is 20.9. The predicted molar refractivity (Wildman–Crippen MR) is 106 cm³/mol. The molecule has 4 rings (SSSR count). The lowest BCUT2D eigenvalue weighted by atomic mass is 9.71. The Morgan fingerprint density at radius 1 is 1.04 bits per heavy atom. The molecule has 1 saturated carbocycles. The number of para-hydroxylation sites is 1. The molecule has 154 valence electrons. The molecule has 1 saturated heterocycles. The highest BCUT2D eigenvalue weighted by molar-refractivity contribution is 6.27. The average Bonchev–Trinajstić information content (AvgIpc) is 3.03. The maximum absolute atomic E-state index is 9.10. The van der Waals surface area contributed by atoms with Crippen LogP contribution in [0.25, 0.3) is 0 Å². The van der Waals surface area contributed by atoms with E-state index in [1.807, 2.05) is 0 Å². The first kappa shape index (κ1) is 20.6. The molecule has 1 aliphatic carbocycles. The largest absolute Gasteiger partial charge is 0.486 e. The maximum Gasteiger partial charge on any atom is 0.414 e. The molecule has 1 aromatic carbocycles. The summed E-state index contributed by atoms with van der Waals surface area (Å²) in [5.74, 6) is -1.82. The second kappa shape index (κ2) is 9.41. The van der Waals surface area contributed by atoms with Crippen molar-refractivity contribution in [3.63, 3.8) is 0 Å². The Hall–Kier alpha value is -2.08. The van der Waals surface area contributed by atoms with Crippen molar-refractivity contribution in [2.45, 2.75) is 69.3 Å². The monoisotopic (exact) mass is 389 g/mol. The Kier molecular flexibility index (Phi) is 6.94.